The van der Waals surface area contributed by atoms with Crippen LogP contribution in [0.4, 0.5) is 0 Å². The molecule has 1 rings (SSSR count). The fourth-order valence-electron chi connectivity index (χ4n) is 1.46. The fraction of sp³-hybridized carbons (Fsp3) is 0.571. The average molecular weight is 237 g/mol. The van der Waals surface area contributed by atoms with Crippen molar-refractivity contribution in [2.45, 2.75) is 39.0 Å². The van der Waals surface area contributed by atoms with Crippen LogP contribution in [-0.4, -0.2) is 12.4 Å². The lowest BCUT2D eigenvalue weighted by molar-refractivity contribution is 0.318. The van der Waals surface area contributed by atoms with Crippen LogP contribution in [-0.2, 0) is 5.41 Å². The van der Waals surface area contributed by atoms with Crippen LogP contribution in [0, 0.1) is 0 Å². The zero-order valence-corrected chi connectivity index (χ0v) is 11.3. The molecule has 1 radical (unpaired) electrons. The summed E-state index contributed by atoms with van der Waals surface area (Å²) >= 11 is 4.87. The third kappa shape index (κ3) is 3.75. The molecule has 0 heterocycles. The highest BCUT2D eigenvalue weighted by molar-refractivity contribution is 7.80. The Morgan fingerprint density at radius 2 is 1.81 bits per heavy atom. The van der Waals surface area contributed by atoms with Crippen LogP contribution >= 0.6 is 12.6 Å². The van der Waals surface area contributed by atoms with Crippen LogP contribution in [0.3, 0.4) is 0 Å². The molecule has 0 aliphatic heterocycles. The highest BCUT2D eigenvalue weighted by atomic mass is 32.1. The Labute approximate surface area is 105 Å². The van der Waals surface area contributed by atoms with Gasteiger partial charge in [-0.25, -0.2) is 0 Å². The van der Waals surface area contributed by atoms with Gasteiger partial charge in [0.1, 0.15) is 5.75 Å². The summed E-state index contributed by atoms with van der Waals surface area (Å²) in [7, 11) is 0. The lowest BCUT2D eigenvalue weighted by Gasteiger charge is -2.23. The molecule has 2 heteroatoms. The van der Waals surface area contributed by atoms with E-state index in [0.717, 1.165) is 31.0 Å². The molecule has 0 aliphatic carbocycles. The predicted octanol–water partition coefficient (Wildman–Crippen LogP) is 4.34. The maximum Gasteiger partial charge on any atom is 0.119 e. The Balaban J connectivity index is 2.61. The van der Waals surface area contributed by atoms with Crippen molar-refractivity contribution < 1.29 is 4.74 Å². The molecule has 1 aromatic rings. The third-order valence-electron chi connectivity index (χ3n) is 3.08. The molecular weight excluding hydrogens is 216 g/mol. The van der Waals surface area contributed by atoms with Gasteiger partial charge in [-0.05, 0) is 36.0 Å². The molecule has 1 aromatic carbocycles. The number of ether oxygens (including phenoxy) is 1. The highest BCUT2D eigenvalue weighted by Gasteiger charge is 2.17. The number of hydrogen-bond donors (Lipinski definition) is 0. The zero-order valence-electron chi connectivity index (χ0n) is 10.5. The monoisotopic (exact) mass is 237 g/mol. The molecule has 0 fully saturated rings. The van der Waals surface area contributed by atoms with E-state index in [1.165, 1.54) is 5.56 Å². The number of hydrogen-bond acceptors (Lipinski definition) is 1. The van der Waals surface area contributed by atoms with Gasteiger partial charge in [-0.1, -0.05) is 45.5 Å². The van der Waals surface area contributed by atoms with Crippen molar-refractivity contribution in [2.75, 3.05) is 12.4 Å². The minimum atomic E-state index is 0.249. The molecule has 0 saturated heterocycles. The van der Waals surface area contributed by atoms with Crippen LogP contribution in [0.5, 0.6) is 5.75 Å². The summed E-state index contributed by atoms with van der Waals surface area (Å²) in [6.07, 6.45) is 2.08. The van der Waals surface area contributed by atoms with Gasteiger partial charge in [0.2, 0.25) is 0 Å². The molecule has 0 aromatic heterocycles. The Morgan fingerprint density at radius 3 is 2.31 bits per heavy atom. The summed E-state index contributed by atoms with van der Waals surface area (Å²) in [6, 6.07) is 8.42. The van der Waals surface area contributed by atoms with E-state index in [9.17, 15) is 0 Å². The van der Waals surface area contributed by atoms with Crippen molar-refractivity contribution in [1.29, 1.82) is 0 Å². The molecule has 0 bridgehead atoms. The Kier molecular flexibility index (Phi) is 5.20. The molecule has 0 N–H and O–H groups in total. The third-order valence-corrected chi connectivity index (χ3v) is 3.37. The van der Waals surface area contributed by atoms with E-state index in [-0.39, 0.29) is 5.41 Å². The van der Waals surface area contributed by atoms with Gasteiger partial charge in [0, 0.05) is 5.75 Å². The first-order chi connectivity index (χ1) is 7.60. The van der Waals surface area contributed by atoms with Crippen LogP contribution < -0.4 is 4.74 Å². The molecule has 0 unspecified atom stereocenters. The van der Waals surface area contributed by atoms with Crippen LogP contribution in [0.1, 0.15) is 39.2 Å². The quantitative estimate of drug-likeness (QED) is 0.669. The summed E-state index contributed by atoms with van der Waals surface area (Å²) < 4.78 is 5.58. The van der Waals surface area contributed by atoms with Gasteiger partial charge in [0.15, 0.2) is 0 Å². The SMILES string of the molecule is CCC(C)(C)c1ccc(OCCC[S])cc1. The molecular formula is C14H21OS. The fourth-order valence-corrected chi connectivity index (χ4v) is 1.57. The standard InChI is InChI=1S/C14H21OS/c1-4-14(2,3)12-6-8-13(9-7-12)15-10-5-11-16/h6-9H,4-5,10-11H2,1-3H3. The molecule has 0 saturated carbocycles. The molecule has 0 amide bonds. The van der Waals surface area contributed by atoms with E-state index in [4.69, 9.17) is 17.4 Å². The molecule has 16 heavy (non-hydrogen) atoms. The van der Waals surface area contributed by atoms with Crippen molar-refractivity contribution in [3.8, 4) is 5.75 Å². The summed E-state index contributed by atoms with van der Waals surface area (Å²) in [5.74, 6) is 1.71. The van der Waals surface area contributed by atoms with Crippen molar-refractivity contribution in [2.24, 2.45) is 0 Å². The smallest absolute Gasteiger partial charge is 0.119 e. The Bertz CT molecular complexity index is 303. The van der Waals surface area contributed by atoms with Gasteiger partial charge in [-0.15, -0.1) is 0 Å². The minimum absolute atomic E-state index is 0.249. The first kappa shape index (κ1) is 13.4. The number of rotatable bonds is 6. The number of benzene rings is 1. The van der Waals surface area contributed by atoms with E-state index in [2.05, 4.69) is 45.0 Å². The van der Waals surface area contributed by atoms with Crippen LogP contribution in [0.2, 0.25) is 0 Å². The minimum Gasteiger partial charge on any atom is -0.494 e. The Morgan fingerprint density at radius 1 is 1.19 bits per heavy atom. The van der Waals surface area contributed by atoms with E-state index < -0.39 is 0 Å². The maximum atomic E-state index is 5.58. The topological polar surface area (TPSA) is 9.23 Å². The summed E-state index contributed by atoms with van der Waals surface area (Å²) in [5, 5.41) is 0. The molecule has 89 valence electrons. The summed E-state index contributed by atoms with van der Waals surface area (Å²) in [5.41, 5.74) is 1.62. The van der Waals surface area contributed by atoms with E-state index >= 15 is 0 Å². The molecule has 0 atom stereocenters. The van der Waals surface area contributed by atoms with Crippen LogP contribution in [0.25, 0.3) is 0 Å². The lowest BCUT2D eigenvalue weighted by Crippen LogP contribution is -2.15. The van der Waals surface area contributed by atoms with Gasteiger partial charge in [-0.2, -0.15) is 0 Å². The van der Waals surface area contributed by atoms with Crippen molar-refractivity contribution in [3.63, 3.8) is 0 Å². The summed E-state index contributed by atoms with van der Waals surface area (Å²) in [4.78, 5) is 0. The van der Waals surface area contributed by atoms with Gasteiger partial charge in [0.25, 0.3) is 0 Å². The molecule has 0 spiro atoms. The first-order valence-electron chi connectivity index (χ1n) is 5.91. The van der Waals surface area contributed by atoms with E-state index in [1.807, 2.05) is 0 Å². The second-order valence-corrected chi connectivity index (χ2v) is 5.08. The average Bonchev–Trinajstić information content (AvgIpc) is 2.30. The lowest BCUT2D eigenvalue weighted by atomic mass is 9.82. The summed E-state index contributed by atoms with van der Waals surface area (Å²) in [6.45, 7) is 7.47. The van der Waals surface area contributed by atoms with Gasteiger partial charge in [0.05, 0.1) is 6.61 Å². The molecule has 1 nitrogen and oxygen atoms in total. The van der Waals surface area contributed by atoms with Crippen molar-refractivity contribution in [1.82, 2.24) is 0 Å². The van der Waals surface area contributed by atoms with Crippen molar-refractivity contribution in [3.05, 3.63) is 29.8 Å². The van der Waals surface area contributed by atoms with Crippen molar-refractivity contribution >= 4 is 12.6 Å². The largest absolute Gasteiger partial charge is 0.494 e. The second kappa shape index (κ2) is 6.19. The predicted molar refractivity (Wildman–Crippen MR) is 72.3 cm³/mol. The highest BCUT2D eigenvalue weighted by Crippen LogP contribution is 2.27. The normalized spacial score (nSPS) is 11.5. The Hall–Kier alpha value is -0.630. The van der Waals surface area contributed by atoms with E-state index in [0.29, 0.717) is 0 Å². The second-order valence-electron chi connectivity index (χ2n) is 4.67. The maximum absolute atomic E-state index is 5.58. The van der Waals surface area contributed by atoms with Gasteiger partial charge >= 0.3 is 0 Å². The first-order valence-corrected chi connectivity index (χ1v) is 6.49. The molecule has 0 aliphatic rings. The van der Waals surface area contributed by atoms with Crippen LogP contribution in [0.15, 0.2) is 24.3 Å². The van der Waals surface area contributed by atoms with Gasteiger partial charge in [-0.3, -0.25) is 0 Å². The van der Waals surface area contributed by atoms with E-state index in [1.54, 1.807) is 0 Å². The zero-order chi connectivity index (χ0) is 12.0. The van der Waals surface area contributed by atoms with Gasteiger partial charge < -0.3 is 4.74 Å².